The monoisotopic (exact) mass is 291 g/mol. The van der Waals surface area contributed by atoms with Gasteiger partial charge in [0, 0.05) is 22.1 Å². The molecule has 2 atom stereocenters. The van der Waals surface area contributed by atoms with E-state index in [0.717, 1.165) is 10.8 Å². The van der Waals surface area contributed by atoms with Gasteiger partial charge < -0.3 is 5.73 Å². The van der Waals surface area contributed by atoms with Crippen LogP contribution in [0.25, 0.3) is 0 Å². The average Bonchev–Trinajstić information content (AvgIpc) is 2.42. The molecule has 3 heteroatoms. The second-order valence-electron chi connectivity index (χ2n) is 4.63. The lowest BCUT2D eigenvalue weighted by Gasteiger charge is -2.21. The van der Waals surface area contributed by atoms with E-state index in [1.165, 1.54) is 11.1 Å². The van der Waals surface area contributed by atoms with Gasteiger partial charge in [0.1, 0.15) is 0 Å². The zero-order valence-corrected chi connectivity index (χ0v) is 12.5. The van der Waals surface area contributed by atoms with Gasteiger partial charge in [0.05, 0.1) is 0 Å². The van der Waals surface area contributed by atoms with E-state index in [0.29, 0.717) is 0 Å². The van der Waals surface area contributed by atoms with Crippen LogP contribution < -0.4 is 5.73 Å². The fourth-order valence-corrected chi connectivity index (χ4v) is 3.31. The molecule has 2 rings (SSSR count). The van der Waals surface area contributed by atoms with Crippen LogP contribution in [0, 0.1) is 0 Å². The van der Waals surface area contributed by atoms with Crippen LogP contribution in [0.3, 0.4) is 0 Å². The Hall–Kier alpha value is -0.960. The third-order valence-corrected chi connectivity index (χ3v) is 4.76. The summed E-state index contributed by atoms with van der Waals surface area (Å²) in [6.45, 7) is 2.05. The Kier molecular flexibility index (Phi) is 5.32. The van der Waals surface area contributed by atoms with Crippen molar-refractivity contribution in [1.82, 2.24) is 0 Å². The highest BCUT2D eigenvalue weighted by molar-refractivity contribution is 7.98. The molecule has 0 saturated carbocycles. The van der Waals surface area contributed by atoms with E-state index < -0.39 is 0 Å². The van der Waals surface area contributed by atoms with Gasteiger partial charge in [-0.2, -0.15) is 0 Å². The molecule has 0 spiro atoms. The number of hydrogen-bond donors (Lipinski definition) is 1. The normalized spacial score (nSPS) is 14.1. The summed E-state index contributed by atoms with van der Waals surface area (Å²) in [5, 5.41) is 1.05. The summed E-state index contributed by atoms with van der Waals surface area (Å²) in [6, 6.07) is 18.6. The third kappa shape index (κ3) is 4.27. The molecule has 0 fully saturated rings. The van der Waals surface area contributed by atoms with Gasteiger partial charge in [0.2, 0.25) is 0 Å². The minimum absolute atomic E-state index is 0.106. The lowest BCUT2D eigenvalue weighted by molar-refractivity contribution is 0.721. The van der Waals surface area contributed by atoms with Crippen LogP contribution in [-0.4, -0.2) is 6.04 Å². The van der Waals surface area contributed by atoms with Crippen LogP contribution in [0.1, 0.15) is 23.3 Å². The molecule has 0 aliphatic carbocycles. The summed E-state index contributed by atoms with van der Waals surface area (Å²) in [6.07, 6.45) is 0. The van der Waals surface area contributed by atoms with Crippen molar-refractivity contribution in [1.29, 1.82) is 0 Å². The molecule has 2 aromatic rings. The standard InChI is InChI=1S/C16H18ClNS/c1-12(18)16(14-7-9-15(17)10-8-14)19-11-13-5-3-2-4-6-13/h2-10,12,16H,11,18H2,1H3. The highest BCUT2D eigenvalue weighted by Gasteiger charge is 2.16. The van der Waals surface area contributed by atoms with Gasteiger partial charge in [-0.1, -0.05) is 54.1 Å². The second-order valence-corrected chi connectivity index (χ2v) is 6.19. The zero-order valence-electron chi connectivity index (χ0n) is 10.9. The Morgan fingerprint density at radius 1 is 1.05 bits per heavy atom. The van der Waals surface area contributed by atoms with Crippen molar-refractivity contribution >= 4 is 23.4 Å². The maximum absolute atomic E-state index is 6.12. The van der Waals surface area contributed by atoms with Crippen LogP contribution in [0.15, 0.2) is 54.6 Å². The molecule has 0 bridgehead atoms. The summed E-state index contributed by atoms with van der Waals surface area (Å²) in [5.41, 5.74) is 8.68. The van der Waals surface area contributed by atoms with Crippen LogP contribution in [0.5, 0.6) is 0 Å². The number of nitrogens with two attached hydrogens (primary N) is 1. The maximum Gasteiger partial charge on any atom is 0.0448 e. The minimum Gasteiger partial charge on any atom is -0.327 e. The van der Waals surface area contributed by atoms with Crippen molar-refractivity contribution in [2.45, 2.75) is 24.0 Å². The molecular weight excluding hydrogens is 274 g/mol. The fourth-order valence-electron chi connectivity index (χ4n) is 1.96. The largest absolute Gasteiger partial charge is 0.327 e. The number of rotatable bonds is 5. The van der Waals surface area contributed by atoms with Crippen LogP contribution in [0.2, 0.25) is 5.02 Å². The first-order valence-corrected chi connectivity index (χ1v) is 7.76. The van der Waals surface area contributed by atoms with Gasteiger partial charge in [-0.05, 0) is 30.2 Å². The van der Waals surface area contributed by atoms with Gasteiger partial charge in [-0.3, -0.25) is 0 Å². The average molecular weight is 292 g/mol. The lowest BCUT2D eigenvalue weighted by atomic mass is 10.1. The van der Waals surface area contributed by atoms with Gasteiger partial charge in [-0.15, -0.1) is 11.8 Å². The Morgan fingerprint density at radius 2 is 1.68 bits per heavy atom. The molecule has 2 aromatic carbocycles. The maximum atomic E-state index is 6.12. The Morgan fingerprint density at radius 3 is 2.26 bits per heavy atom. The van der Waals surface area contributed by atoms with Crippen molar-refractivity contribution in [2.24, 2.45) is 5.73 Å². The SMILES string of the molecule is CC(N)C(SCc1ccccc1)c1ccc(Cl)cc1. The molecule has 0 saturated heterocycles. The summed E-state index contributed by atoms with van der Waals surface area (Å²) in [5.74, 6) is 0.968. The summed E-state index contributed by atoms with van der Waals surface area (Å²) in [4.78, 5) is 0. The topological polar surface area (TPSA) is 26.0 Å². The zero-order chi connectivity index (χ0) is 13.7. The highest BCUT2D eigenvalue weighted by Crippen LogP contribution is 2.34. The van der Waals surface area contributed by atoms with E-state index in [9.17, 15) is 0 Å². The lowest BCUT2D eigenvalue weighted by Crippen LogP contribution is -2.22. The molecule has 100 valence electrons. The molecular formula is C16H18ClNS. The molecule has 0 aliphatic heterocycles. The molecule has 0 aromatic heterocycles. The van der Waals surface area contributed by atoms with Crippen molar-refractivity contribution in [3.05, 3.63) is 70.7 Å². The van der Waals surface area contributed by atoms with Crippen molar-refractivity contribution < 1.29 is 0 Å². The molecule has 0 aliphatic rings. The smallest absolute Gasteiger partial charge is 0.0448 e. The molecule has 1 nitrogen and oxygen atoms in total. The van der Waals surface area contributed by atoms with Gasteiger partial charge >= 0.3 is 0 Å². The van der Waals surface area contributed by atoms with Crippen molar-refractivity contribution in [3.63, 3.8) is 0 Å². The van der Waals surface area contributed by atoms with Gasteiger partial charge in [-0.25, -0.2) is 0 Å². The van der Waals surface area contributed by atoms with E-state index in [1.54, 1.807) is 0 Å². The van der Waals surface area contributed by atoms with Gasteiger partial charge in [0.25, 0.3) is 0 Å². The third-order valence-electron chi connectivity index (χ3n) is 2.95. The number of hydrogen-bond acceptors (Lipinski definition) is 2. The van der Waals surface area contributed by atoms with Crippen LogP contribution in [0.4, 0.5) is 0 Å². The van der Waals surface area contributed by atoms with Gasteiger partial charge in [0.15, 0.2) is 0 Å². The van der Waals surface area contributed by atoms with E-state index >= 15 is 0 Å². The summed E-state index contributed by atoms with van der Waals surface area (Å²) in [7, 11) is 0. The molecule has 2 unspecified atom stereocenters. The number of halogens is 1. The first-order valence-electron chi connectivity index (χ1n) is 6.33. The predicted molar refractivity (Wildman–Crippen MR) is 85.6 cm³/mol. The fraction of sp³-hybridized carbons (Fsp3) is 0.250. The van der Waals surface area contributed by atoms with E-state index in [-0.39, 0.29) is 11.3 Å². The minimum atomic E-state index is 0.106. The molecule has 0 amide bonds. The van der Waals surface area contributed by atoms with Crippen molar-refractivity contribution in [3.8, 4) is 0 Å². The second kappa shape index (κ2) is 6.99. The molecule has 2 N–H and O–H groups in total. The molecule has 0 heterocycles. The van der Waals surface area contributed by atoms with E-state index in [4.69, 9.17) is 17.3 Å². The first kappa shape index (κ1) is 14.4. The Labute approximate surface area is 124 Å². The van der Waals surface area contributed by atoms with Crippen LogP contribution in [-0.2, 0) is 5.75 Å². The van der Waals surface area contributed by atoms with Crippen LogP contribution >= 0.6 is 23.4 Å². The summed E-state index contributed by atoms with van der Waals surface area (Å²) >= 11 is 7.80. The quantitative estimate of drug-likeness (QED) is 0.867. The summed E-state index contributed by atoms with van der Waals surface area (Å²) < 4.78 is 0. The predicted octanol–water partition coefficient (Wildman–Crippen LogP) is 4.66. The molecule has 0 radical (unpaired) electrons. The Balaban J connectivity index is 2.06. The van der Waals surface area contributed by atoms with E-state index in [1.807, 2.05) is 30.0 Å². The first-order chi connectivity index (χ1) is 9.16. The highest BCUT2D eigenvalue weighted by atomic mass is 35.5. The number of thioether (sulfide) groups is 1. The Bertz CT molecular complexity index is 496. The number of benzene rings is 2. The van der Waals surface area contributed by atoms with E-state index in [2.05, 4.69) is 43.3 Å². The van der Waals surface area contributed by atoms with Crippen molar-refractivity contribution in [2.75, 3.05) is 0 Å². The molecule has 19 heavy (non-hydrogen) atoms.